The van der Waals surface area contributed by atoms with Gasteiger partial charge in [0.15, 0.2) is 5.82 Å². The second-order valence-electron chi connectivity index (χ2n) is 5.61. The lowest BCUT2D eigenvalue weighted by molar-refractivity contribution is -0.384. The van der Waals surface area contributed by atoms with Crippen LogP contribution in [0.2, 0.25) is 0 Å². The van der Waals surface area contributed by atoms with Crippen molar-refractivity contribution in [3.63, 3.8) is 0 Å². The standard InChI is InChI=1S/C18H13F3N4O4/c1-28-16-10-14(25(26)27)4-2-12(16)3-9-17-22-11-24(23-17)13-5-7-15(8-6-13)29-18(19,20)21/h2-11H,1H3. The molecule has 0 aliphatic rings. The van der Waals surface area contributed by atoms with Gasteiger partial charge in [-0.1, -0.05) is 0 Å². The Balaban J connectivity index is 1.76. The number of nitro benzene ring substituents is 1. The first-order chi connectivity index (χ1) is 13.7. The van der Waals surface area contributed by atoms with Crippen LogP contribution in [0.4, 0.5) is 18.9 Å². The van der Waals surface area contributed by atoms with Crippen molar-refractivity contribution in [3.05, 3.63) is 70.3 Å². The summed E-state index contributed by atoms with van der Waals surface area (Å²) in [5, 5.41) is 15.0. The van der Waals surface area contributed by atoms with Crippen LogP contribution in [-0.4, -0.2) is 33.2 Å². The molecule has 0 N–H and O–H groups in total. The zero-order chi connectivity index (χ0) is 21.0. The number of alkyl halides is 3. The van der Waals surface area contributed by atoms with Crippen molar-refractivity contribution in [1.29, 1.82) is 0 Å². The van der Waals surface area contributed by atoms with Crippen molar-refractivity contribution >= 4 is 17.8 Å². The molecule has 0 spiro atoms. The average Bonchev–Trinajstić information content (AvgIpc) is 3.14. The monoisotopic (exact) mass is 406 g/mol. The van der Waals surface area contributed by atoms with Crippen LogP contribution in [0.1, 0.15) is 11.4 Å². The minimum Gasteiger partial charge on any atom is -0.496 e. The molecule has 1 aromatic heterocycles. The highest BCUT2D eigenvalue weighted by Gasteiger charge is 2.30. The maximum atomic E-state index is 12.2. The van der Waals surface area contributed by atoms with E-state index in [1.54, 1.807) is 12.2 Å². The molecule has 0 amide bonds. The SMILES string of the molecule is COc1cc([N+](=O)[O-])ccc1C=Cc1ncn(-c2ccc(OC(F)(F)F)cc2)n1. The largest absolute Gasteiger partial charge is 0.573 e. The number of nitrogens with zero attached hydrogens (tertiary/aromatic N) is 4. The first-order valence-electron chi connectivity index (χ1n) is 8.03. The lowest BCUT2D eigenvalue weighted by Crippen LogP contribution is -2.17. The van der Waals surface area contributed by atoms with Gasteiger partial charge >= 0.3 is 6.36 Å². The number of nitro groups is 1. The second kappa shape index (κ2) is 8.00. The molecule has 3 rings (SSSR count). The van der Waals surface area contributed by atoms with Gasteiger partial charge in [0.25, 0.3) is 5.69 Å². The number of rotatable bonds is 6. The van der Waals surface area contributed by atoms with Crippen LogP contribution in [0.5, 0.6) is 11.5 Å². The summed E-state index contributed by atoms with van der Waals surface area (Å²) in [6, 6.07) is 9.33. The van der Waals surface area contributed by atoms with Crippen LogP contribution >= 0.6 is 0 Å². The van der Waals surface area contributed by atoms with Gasteiger partial charge in [-0.05, 0) is 42.5 Å². The van der Waals surface area contributed by atoms with Gasteiger partial charge in [-0.25, -0.2) is 9.67 Å². The van der Waals surface area contributed by atoms with Crippen LogP contribution in [0, 0.1) is 10.1 Å². The van der Waals surface area contributed by atoms with E-state index in [9.17, 15) is 23.3 Å². The van der Waals surface area contributed by atoms with Crippen LogP contribution < -0.4 is 9.47 Å². The fraction of sp³-hybridized carbons (Fsp3) is 0.111. The predicted octanol–water partition coefficient (Wildman–Crippen LogP) is 4.25. The third kappa shape index (κ3) is 5.09. The van der Waals surface area contributed by atoms with Gasteiger partial charge in [-0.2, -0.15) is 0 Å². The van der Waals surface area contributed by atoms with Gasteiger partial charge in [0.2, 0.25) is 0 Å². The Hall–Kier alpha value is -3.89. The number of methoxy groups -OCH3 is 1. The van der Waals surface area contributed by atoms with E-state index in [0.717, 1.165) is 0 Å². The highest BCUT2D eigenvalue weighted by Crippen LogP contribution is 2.26. The third-order valence-corrected chi connectivity index (χ3v) is 3.68. The summed E-state index contributed by atoms with van der Waals surface area (Å²) in [6.45, 7) is 0. The molecule has 11 heteroatoms. The van der Waals surface area contributed by atoms with Crippen molar-refractivity contribution in [2.75, 3.05) is 7.11 Å². The zero-order valence-electron chi connectivity index (χ0n) is 14.8. The quantitative estimate of drug-likeness (QED) is 0.449. The minimum atomic E-state index is -4.76. The minimum absolute atomic E-state index is 0.0978. The number of benzene rings is 2. The van der Waals surface area contributed by atoms with Gasteiger partial charge in [-0.15, -0.1) is 18.3 Å². The number of halogens is 3. The normalized spacial score (nSPS) is 11.6. The van der Waals surface area contributed by atoms with E-state index in [0.29, 0.717) is 22.8 Å². The maximum Gasteiger partial charge on any atom is 0.573 e. The Morgan fingerprint density at radius 1 is 1.14 bits per heavy atom. The van der Waals surface area contributed by atoms with E-state index in [1.807, 2.05) is 0 Å². The van der Waals surface area contributed by atoms with Gasteiger partial charge < -0.3 is 9.47 Å². The summed E-state index contributed by atoms with van der Waals surface area (Å²) >= 11 is 0. The number of non-ortho nitro benzene ring substituents is 1. The molecule has 0 aliphatic heterocycles. The molecular formula is C18H13F3N4O4. The van der Waals surface area contributed by atoms with E-state index >= 15 is 0 Å². The zero-order valence-corrected chi connectivity index (χ0v) is 14.8. The number of hydrogen-bond acceptors (Lipinski definition) is 6. The lowest BCUT2D eigenvalue weighted by atomic mass is 10.1. The highest BCUT2D eigenvalue weighted by atomic mass is 19.4. The molecule has 29 heavy (non-hydrogen) atoms. The van der Waals surface area contributed by atoms with E-state index in [1.165, 1.54) is 60.6 Å². The van der Waals surface area contributed by atoms with Crippen LogP contribution in [-0.2, 0) is 0 Å². The first kappa shape index (κ1) is 19.9. The third-order valence-electron chi connectivity index (χ3n) is 3.68. The summed E-state index contributed by atoms with van der Waals surface area (Å²) in [4.78, 5) is 14.4. The molecule has 8 nitrogen and oxygen atoms in total. The average molecular weight is 406 g/mol. The van der Waals surface area contributed by atoms with Gasteiger partial charge in [0.1, 0.15) is 17.8 Å². The summed E-state index contributed by atoms with van der Waals surface area (Å²) in [7, 11) is 1.40. The molecular weight excluding hydrogens is 393 g/mol. The van der Waals surface area contributed by atoms with Gasteiger partial charge in [-0.3, -0.25) is 10.1 Å². The summed E-state index contributed by atoms with van der Waals surface area (Å²) in [5.74, 6) is 0.294. The summed E-state index contributed by atoms with van der Waals surface area (Å²) in [6.07, 6.45) is -0.165. The van der Waals surface area contributed by atoms with Crippen molar-refractivity contribution in [3.8, 4) is 17.2 Å². The molecule has 0 fully saturated rings. The molecule has 0 saturated heterocycles. The second-order valence-corrected chi connectivity index (χ2v) is 5.61. The van der Waals surface area contributed by atoms with Crippen molar-refractivity contribution in [1.82, 2.24) is 14.8 Å². The Bertz CT molecular complexity index is 1050. The lowest BCUT2D eigenvalue weighted by Gasteiger charge is -2.09. The van der Waals surface area contributed by atoms with Crippen LogP contribution in [0.25, 0.3) is 17.8 Å². The van der Waals surface area contributed by atoms with Crippen molar-refractivity contribution in [2.45, 2.75) is 6.36 Å². The van der Waals surface area contributed by atoms with E-state index < -0.39 is 11.3 Å². The fourth-order valence-electron chi connectivity index (χ4n) is 2.39. The summed E-state index contributed by atoms with van der Waals surface area (Å²) < 4.78 is 47.0. The van der Waals surface area contributed by atoms with Crippen molar-refractivity contribution < 1.29 is 27.6 Å². The molecule has 0 saturated carbocycles. The Labute approximate surface area is 162 Å². The Morgan fingerprint density at radius 3 is 2.48 bits per heavy atom. The number of ether oxygens (including phenoxy) is 2. The molecule has 2 aromatic carbocycles. The molecule has 1 heterocycles. The van der Waals surface area contributed by atoms with Crippen molar-refractivity contribution in [2.24, 2.45) is 0 Å². The maximum absolute atomic E-state index is 12.2. The van der Waals surface area contributed by atoms with E-state index in [-0.39, 0.29) is 11.4 Å². The van der Waals surface area contributed by atoms with E-state index in [2.05, 4.69) is 14.8 Å². The molecule has 3 aromatic rings. The Kier molecular flexibility index (Phi) is 5.48. The fourth-order valence-corrected chi connectivity index (χ4v) is 2.39. The Morgan fingerprint density at radius 2 is 1.86 bits per heavy atom. The van der Waals surface area contributed by atoms with Gasteiger partial charge in [0, 0.05) is 11.6 Å². The smallest absolute Gasteiger partial charge is 0.496 e. The van der Waals surface area contributed by atoms with Crippen LogP contribution in [0.3, 0.4) is 0 Å². The topological polar surface area (TPSA) is 92.3 Å². The van der Waals surface area contributed by atoms with Crippen LogP contribution in [0.15, 0.2) is 48.8 Å². The molecule has 150 valence electrons. The molecule has 0 unspecified atom stereocenters. The highest BCUT2D eigenvalue weighted by molar-refractivity contribution is 5.71. The predicted molar refractivity (Wildman–Crippen MR) is 96.6 cm³/mol. The molecule has 0 aliphatic carbocycles. The van der Waals surface area contributed by atoms with Gasteiger partial charge in [0.05, 0.1) is 23.8 Å². The van der Waals surface area contributed by atoms with E-state index in [4.69, 9.17) is 4.74 Å². The first-order valence-corrected chi connectivity index (χ1v) is 8.03. The number of aromatic nitrogens is 3. The molecule has 0 atom stereocenters. The molecule has 0 bridgehead atoms. The summed E-state index contributed by atoms with van der Waals surface area (Å²) in [5.41, 5.74) is 0.974. The molecule has 0 radical (unpaired) electrons. The number of hydrogen-bond donors (Lipinski definition) is 0.